The first-order chi connectivity index (χ1) is 5.99. The van der Waals surface area contributed by atoms with E-state index in [1.54, 1.807) is 0 Å². The van der Waals surface area contributed by atoms with E-state index in [1.165, 1.54) is 0 Å². The molecule has 0 heterocycles. The van der Waals surface area contributed by atoms with Crippen molar-refractivity contribution in [3.63, 3.8) is 0 Å². The second-order valence-corrected chi connectivity index (χ2v) is 5.57. The fourth-order valence-electron chi connectivity index (χ4n) is 1.68. The van der Waals surface area contributed by atoms with Gasteiger partial charge in [-0.05, 0) is 18.8 Å². The molecule has 2 N–H and O–H groups in total. The van der Waals surface area contributed by atoms with Gasteiger partial charge < -0.3 is 5.11 Å². The summed E-state index contributed by atoms with van der Waals surface area (Å²) in [5.41, 5.74) is 0. The maximum absolute atomic E-state index is 10.8. The lowest BCUT2D eigenvalue weighted by Crippen LogP contribution is -2.36. The Labute approximate surface area is 79.4 Å². The number of aliphatic hydroxyl groups is 1. The van der Waals surface area contributed by atoms with Crippen LogP contribution in [0.5, 0.6) is 0 Å². The van der Waals surface area contributed by atoms with Crippen LogP contribution >= 0.6 is 0 Å². The van der Waals surface area contributed by atoms with Crippen LogP contribution in [0.1, 0.15) is 25.7 Å². The third kappa shape index (κ3) is 4.06. The molecule has 1 aliphatic rings. The molecule has 1 rings (SSSR count). The molecule has 13 heavy (non-hydrogen) atoms. The topological polar surface area (TPSA) is 66.4 Å². The van der Waals surface area contributed by atoms with E-state index in [9.17, 15) is 13.5 Å². The second kappa shape index (κ2) is 4.39. The molecule has 0 spiro atoms. The summed E-state index contributed by atoms with van der Waals surface area (Å²) in [6, 6.07) is 0. The summed E-state index contributed by atoms with van der Waals surface area (Å²) in [4.78, 5) is 0. The lowest BCUT2D eigenvalue weighted by atomic mass is 9.87. The highest BCUT2D eigenvalue weighted by Gasteiger charge is 2.23. The fraction of sp³-hybridized carbons (Fsp3) is 1.00. The van der Waals surface area contributed by atoms with Crippen LogP contribution in [0.4, 0.5) is 0 Å². The van der Waals surface area contributed by atoms with Crippen molar-refractivity contribution in [3.05, 3.63) is 0 Å². The van der Waals surface area contributed by atoms with Crippen molar-refractivity contribution < 1.29 is 13.5 Å². The van der Waals surface area contributed by atoms with Crippen molar-refractivity contribution in [3.8, 4) is 0 Å². The van der Waals surface area contributed by atoms with Gasteiger partial charge in [-0.15, -0.1) is 0 Å². The van der Waals surface area contributed by atoms with Crippen LogP contribution in [0.2, 0.25) is 0 Å². The Kier molecular flexibility index (Phi) is 3.70. The molecular formula is C8H17NO3S. The van der Waals surface area contributed by atoms with Crippen LogP contribution in [-0.2, 0) is 10.0 Å². The Morgan fingerprint density at radius 1 is 1.38 bits per heavy atom. The minimum absolute atomic E-state index is 0.100. The number of aliphatic hydroxyl groups excluding tert-OH is 1. The first kappa shape index (κ1) is 10.9. The Balaban J connectivity index is 2.35. The molecule has 0 aromatic heterocycles. The third-order valence-electron chi connectivity index (χ3n) is 2.48. The van der Waals surface area contributed by atoms with Crippen molar-refractivity contribution in [2.75, 3.05) is 12.8 Å². The summed E-state index contributed by atoms with van der Waals surface area (Å²) in [6.07, 6.45) is 4.68. The van der Waals surface area contributed by atoms with E-state index in [4.69, 9.17) is 0 Å². The van der Waals surface area contributed by atoms with Crippen LogP contribution < -0.4 is 4.72 Å². The Morgan fingerprint density at radius 3 is 2.54 bits per heavy atom. The summed E-state index contributed by atoms with van der Waals surface area (Å²) in [5.74, 6) is 0.100. The minimum atomic E-state index is -3.11. The number of nitrogens with one attached hydrogen (secondary N) is 1. The third-order valence-corrected chi connectivity index (χ3v) is 3.17. The van der Waals surface area contributed by atoms with Crippen molar-refractivity contribution >= 4 is 10.0 Å². The highest BCUT2D eigenvalue weighted by Crippen LogP contribution is 2.23. The molecule has 0 aromatic rings. The molecule has 4 nitrogen and oxygen atoms in total. The van der Waals surface area contributed by atoms with E-state index >= 15 is 0 Å². The van der Waals surface area contributed by atoms with Crippen LogP contribution in [0.15, 0.2) is 0 Å². The average Bonchev–Trinajstić information content (AvgIpc) is 2.01. The van der Waals surface area contributed by atoms with Crippen LogP contribution in [0.25, 0.3) is 0 Å². The molecule has 0 aromatic carbocycles. The van der Waals surface area contributed by atoms with Crippen molar-refractivity contribution in [2.45, 2.75) is 31.8 Å². The summed E-state index contributed by atoms with van der Waals surface area (Å²) >= 11 is 0. The Bertz CT molecular complexity index is 250. The van der Waals surface area contributed by atoms with Crippen LogP contribution in [-0.4, -0.2) is 32.4 Å². The number of rotatable bonds is 3. The molecule has 78 valence electrons. The summed E-state index contributed by atoms with van der Waals surface area (Å²) in [5, 5.41) is 9.53. The molecule has 2 unspecified atom stereocenters. The van der Waals surface area contributed by atoms with Gasteiger partial charge in [0.1, 0.15) is 0 Å². The van der Waals surface area contributed by atoms with E-state index in [1.807, 2.05) is 0 Å². The van der Waals surface area contributed by atoms with Gasteiger partial charge in [0, 0.05) is 6.54 Å². The lowest BCUT2D eigenvalue weighted by Gasteiger charge is -2.27. The molecule has 1 fully saturated rings. The molecule has 0 radical (unpaired) electrons. The van der Waals surface area contributed by atoms with Crippen molar-refractivity contribution in [1.82, 2.24) is 4.72 Å². The molecule has 0 amide bonds. The SMILES string of the molecule is CS(=O)(=O)NCC1CCCCC1O. The fourth-order valence-corrected chi connectivity index (χ4v) is 2.20. The minimum Gasteiger partial charge on any atom is -0.393 e. The zero-order valence-corrected chi connectivity index (χ0v) is 8.68. The molecule has 0 bridgehead atoms. The second-order valence-electron chi connectivity index (χ2n) is 3.73. The summed E-state index contributed by atoms with van der Waals surface area (Å²) in [7, 11) is -3.11. The molecule has 1 aliphatic carbocycles. The van der Waals surface area contributed by atoms with Gasteiger partial charge in [-0.3, -0.25) is 0 Å². The summed E-state index contributed by atoms with van der Waals surface area (Å²) < 4.78 is 24.0. The summed E-state index contributed by atoms with van der Waals surface area (Å²) in [6.45, 7) is 0.375. The molecular weight excluding hydrogens is 190 g/mol. The molecule has 1 saturated carbocycles. The van der Waals surface area contributed by atoms with E-state index < -0.39 is 10.0 Å². The monoisotopic (exact) mass is 207 g/mol. The smallest absolute Gasteiger partial charge is 0.208 e. The van der Waals surface area contributed by atoms with E-state index in [0.717, 1.165) is 31.9 Å². The molecule has 0 aliphatic heterocycles. The predicted octanol–water partition coefficient (Wildman–Crippen LogP) is 0.0867. The molecule has 2 atom stereocenters. The first-order valence-corrected chi connectivity index (χ1v) is 6.51. The standard InChI is InChI=1S/C8H17NO3S/c1-13(11,12)9-6-7-4-2-3-5-8(7)10/h7-10H,2-6H2,1H3. The van der Waals surface area contributed by atoms with Gasteiger partial charge in [0.05, 0.1) is 12.4 Å². The van der Waals surface area contributed by atoms with Crippen molar-refractivity contribution in [2.24, 2.45) is 5.92 Å². The van der Waals surface area contributed by atoms with E-state index in [2.05, 4.69) is 4.72 Å². The average molecular weight is 207 g/mol. The van der Waals surface area contributed by atoms with E-state index in [-0.39, 0.29) is 12.0 Å². The van der Waals surface area contributed by atoms with Gasteiger partial charge in [-0.2, -0.15) is 0 Å². The van der Waals surface area contributed by atoms with Gasteiger partial charge in [0.25, 0.3) is 0 Å². The molecule has 0 saturated heterocycles. The zero-order chi connectivity index (χ0) is 9.90. The maximum atomic E-state index is 10.8. The molecule has 5 heteroatoms. The number of hydrogen-bond acceptors (Lipinski definition) is 3. The normalized spacial score (nSPS) is 30.3. The Morgan fingerprint density at radius 2 is 2.00 bits per heavy atom. The lowest BCUT2D eigenvalue weighted by molar-refractivity contribution is 0.0725. The number of sulfonamides is 1. The van der Waals surface area contributed by atoms with Crippen molar-refractivity contribution in [1.29, 1.82) is 0 Å². The maximum Gasteiger partial charge on any atom is 0.208 e. The van der Waals surface area contributed by atoms with Gasteiger partial charge in [-0.1, -0.05) is 12.8 Å². The van der Waals surface area contributed by atoms with E-state index in [0.29, 0.717) is 6.54 Å². The van der Waals surface area contributed by atoms with Gasteiger partial charge in [0.2, 0.25) is 10.0 Å². The van der Waals surface area contributed by atoms with Crippen LogP contribution in [0.3, 0.4) is 0 Å². The predicted molar refractivity (Wildman–Crippen MR) is 50.8 cm³/mol. The highest BCUT2D eigenvalue weighted by atomic mass is 32.2. The van der Waals surface area contributed by atoms with Gasteiger partial charge in [-0.25, -0.2) is 13.1 Å². The van der Waals surface area contributed by atoms with Gasteiger partial charge >= 0.3 is 0 Å². The highest BCUT2D eigenvalue weighted by molar-refractivity contribution is 7.88. The van der Waals surface area contributed by atoms with Crippen LogP contribution in [0, 0.1) is 5.92 Å². The number of hydrogen-bond donors (Lipinski definition) is 2. The zero-order valence-electron chi connectivity index (χ0n) is 7.86. The largest absolute Gasteiger partial charge is 0.393 e. The Hall–Kier alpha value is -0.130. The quantitative estimate of drug-likeness (QED) is 0.689. The first-order valence-electron chi connectivity index (χ1n) is 4.62. The van der Waals surface area contributed by atoms with Gasteiger partial charge in [0.15, 0.2) is 0 Å².